The zero-order valence-electron chi connectivity index (χ0n) is 48.4. The van der Waals surface area contributed by atoms with E-state index < -0.39 is 85.0 Å². The van der Waals surface area contributed by atoms with Crippen molar-refractivity contribution in [3.63, 3.8) is 0 Å². The number of halogens is 1. The molecule has 0 spiro atoms. The molecule has 0 aliphatic rings. The molecule has 0 saturated carbocycles. The first-order chi connectivity index (χ1) is 43.6. The number of para-hydroxylation sites is 2. The van der Waals surface area contributed by atoms with Crippen LogP contribution in [0.4, 0.5) is 56.9 Å². The molecule has 0 radical (unpaired) electrons. The van der Waals surface area contributed by atoms with E-state index in [1.807, 2.05) is 0 Å². The van der Waals surface area contributed by atoms with E-state index in [4.69, 9.17) is 33.5 Å². The lowest BCUT2D eigenvalue weighted by Crippen LogP contribution is -2.12. The monoisotopic (exact) mass is 1410 g/mol. The van der Waals surface area contributed by atoms with E-state index >= 15 is 0 Å². The van der Waals surface area contributed by atoms with Crippen molar-refractivity contribution in [2.24, 2.45) is 40.9 Å². The maximum absolute atomic E-state index is 13.5. The summed E-state index contributed by atoms with van der Waals surface area (Å²) in [5.41, 5.74) is 1.49. The lowest BCUT2D eigenvalue weighted by atomic mass is 10.1. The Balaban J connectivity index is 0.00000143. The number of nitrogens with zero attached hydrogens (tertiary/aromatic N) is 11. The van der Waals surface area contributed by atoms with E-state index in [-0.39, 0.29) is 110 Å². The number of benzene rings is 6. The van der Waals surface area contributed by atoms with E-state index in [0.717, 1.165) is 23.9 Å². The van der Waals surface area contributed by atoms with E-state index in [0.29, 0.717) is 33.6 Å². The Hall–Kier alpha value is -9.40. The highest BCUT2D eigenvalue weighted by molar-refractivity contribution is 7.99. The number of fused-ring (bicyclic) bond motifs is 3. The largest absolute Gasteiger partial charge is 0.493 e. The zero-order valence-corrected chi connectivity index (χ0v) is 54.1. The van der Waals surface area contributed by atoms with Gasteiger partial charge in [-0.1, -0.05) is 41.9 Å². The number of hydrogen-bond donors (Lipinski definition) is 7. The minimum absolute atomic E-state index is 0.0281. The molecule has 7 N–H and O–H groups in total. The van der Waals surface area contributed by atoms with Crippen molar-refractivity contribution in [1.29, 1.82) is 5.26 Å². The number of hydrogen-bond acceptors (Lipinski definition) is 26. The van der Waals surface area contributed by atoms with Gasteiger partial charge in [-0.05, 0) is 117 Å². The van der Waals surface area contributed by atoms with Gasteiger partial charge in [-0.25, -0.2) is 4.98 Å². The Morgan fingerprint density at radius 3 is 1.86 bits per heavy atom. The minimum atomic E-state index is -5.14. The fourth-order valence-corrected chi connectivity index (χ4v) is 10.8. The van der Waals surface area contributed by atoms with Crippen molar-refractivity contribution in [3.05, 3.63) is 143 Å². The fourth-order valence-electron chi connectivity index (χ4n) is 7.90. The lowest BCUT2D eigenvalue weighted by Gasteiger charge is -2.13. The second-order valence-corrected chi connectivity index (χ2v) is 27.0. The van der Waals surface area contributed by atoms with Crippen LogP contribution >= 0.6 is 23.4 Å². The maximum Gasteiger partial charge on any atom is 0.425 e. The Labute approximate surface area is 540 Å². The summed E-state index contributed by atoms with van der Waals surface area (Å²) in [5.74, 6) is -2.90. The maximum atomic E-state index is 13.5. The van der Waals surface area contributed by atoms with Crippen molar-refractivity contribution < 1.29 is 83.9 Å². The van der Waals surface area contributed by atoms with Crippen molar-refractivity contribution in [2.45, 2.75) is 43.4 Å². The average Bonchev–Trinajstić information content (AvgIpc) is 1.63. The molecule has 488 valence electrons. The number of anilines is 2. The molecule has 2 heterocycles. The zero-order chi connectivity index (χ0) is 68.6. The topological polar surface area (TPSA) is 496 Å². The number of thioether (sulfide) groups is 1. The van der Waals surface area contributed by atoms with Gasteiger partial charge in [0.2, 0.25) is 11.8 Å². The minimum Gasteiger partial charge on any atom is -0.493 e. The van der Waals surface area contributed by atoms with Gasteiger partial charge in [0.25, 0.3) is 46.4 Å². The average molecular weight is 1410 g/mol. The molecule has 8 aromatic rings. The molecule has 0 aliphatic carbocycles. The first kappa shape index (κ1) is 72.7. The van der Waals surface area contributed by atoms with Crippen molar-refractivity contribution in [1.82, 2.24) is 9.38 Å². The summed E-state index contributed by atoms with van der Waals surface area (Å²) in [7, 11) is -20.7. The highest BCUT2D eigenvalue weighted by Gasteiger charge is 2.24. The number of azo groups is 4. The van der Waals surface area contributed by atoms with Gasteiger partial charge < -0.3 is 20.5 Å². The van der Waals surface area contributed by atoms with E-state index in [9.17, 15) is 67.3 Å². The molecule has 6 aromatic carbocycles. The van der Waals surface area contributed by atoms with E-state index in [2.05, 4.69) is 62.6 Å². The molecule has 0 unspecified atom stereocenters. The highest BCUT2D eigenvalue weighted by Crippen LogP contribution is 2.45. The molecule has 93 heavy (non-hydrogen) atoms. The number of nitrogens with one attached hydrogen (secondary N) is 2. The summed E-state index contributed by atoms with van der Waals surface area (Å²) in [5, 5.41) is 61.9. The second-order valence-electron chi connectivity index (χ2n) is 19.0. The molecule has 0 aliphatic heterocycles. The van der Waals surface area contributed by atoms with Crippen LogP contribution < -0.4 is 15.4 Å². The molecule has 2 aromatic heterocycles. The molecule has 0 saturated heterocycles. The normalized spacial score (nSPS) is 12.0. The molecular weight excluding hydrogens is 1360 g/mol. The lowest BCUT2D eigenvalue weighted by molar-refractivity contribution is -0.114. The molecule has 0 bridgehead atoms. The van der Waals surface area contributed by atoms with Gasteiger partial charge in [0.05, 0.1) is 58.2 Å². The van der Waals surface area contributed by atoms with Crippen LogP contribution in [-0.4, -0.2) is 121 Å². The van der Waals surface area contributed by atoms with Gasteiger partial charge in [-0.3, -0.25) is 32.2 Å². The van der Waals surface area contributed by atoms with Crippen LogP contribution in [0.2, 0.25) is 5.02 Å². The summed E-state index contributed by atoms with van der Waals surface area (Å²) in [6, 6.07) is 30.7. The van der Waals surface area contributed by atoms with Crippen LogP contribution in [-0.2, 0) is 55.9 Å². The van der Waals surface area contributed by atoms with Crippen LogP contribution in [0.5, 0.6) is 11.6 Å². The van der Waals surface area contributed by atoms with Crippen LogP contribution in [0.1, 0.15) is 46.8 Å². The molecule has 0 fully saturated rings. The first-order valence-corrected chi connectivity index (χ1v) is 34.9. The van der Waals surface area contributed by atoms with Crippen molar-refractivity contribution in [3.8, 4) is 17.7 Å². The van der Waals surface area contributed by atoms with Gasteiger partial charge in [0, 0.05) is 34.0 Å². The third-order valence-electron chi connectivity index (χ3n) is 11.9. The van der Waals surface area contributed by atoms with Crippen molar-refractivity contribution in [2.75, 3.05) is 40.8 Å². The Kier molecular flexibility index (Phi) is 24.8. The molecule has 32 nitrogen and oxygen atoms in total. The standard InChI is InChI=1S/C53H46ClN13O13S4.CH4O3S.O3S/c1-30-23-43(63-66-50-31(2)36(29-55)51-57-37-13-7-8-14-46(37)67(51)53(50)70)47(80-19-9-21-82(71,72)73)26-38(30)60-64-44-24-39(56-32(3)68)41(27-48(44)81-20-10-22-83(74,75)76)62-65-45-25-40(58-52(69)33-11-5-4-6-12-33)42(28-49(45)84(77,78)79)61-59-35-17-15-34(54)16-18-35;1-5(2,3)4;1-4(2)3/h4-8,11-18,23-28,70H,9-10,19-22H2,1-3H3,(H,56,68)(H,58,69)(H,71,72,73)(H,74,75,76)(H,77,78,79);1H3,(H,2,3,4);. The van der Waals surface area contributed by atoms with Crippen LogP contribution in [0, 0.1) is 25.2 Å². The number of imidazole rings is 1. The van der Waals surface area contributed by atoms with E-state index in [1.54, 1.807) is 56.3 Å². The van der Waals surface area contributed by atoms with Crippen LogP contribution in [0.15, 0.2) is 166 Å². The number of pyridine rings is 1. The number of amides is 2. The third-order valence-corrected chi connectivity index (χ3v) is 15.7. The summed E-state index contributed by atoms with van der Waals surface area (Å²) >= 11 is 7.04. The number of nitriles is 1. The molecule has 0 atom stereocenters. The SMILES string of the molecule is CC(=O)Nc1cc(N=Nc2cc(OCCCS(=O)(=O)O)c(N=Nc3c(C)c(C#N)c4nc5ccccc5n4c3O)cc2C)c(SCCCS(=O)(=O)O)cc1N=Nc1cc(NC(=O)c2ccccc2)c(N=Nc2ccc(Cl)cc2)cc1S(=O)(=O)O.CS(=O)(=O)O.O=S(=O)=O. The van der Waals surface area contributed by atoms with Gasteiger partial charge in [0.15, 0.2) is 11.3 Å². The van der Waals surface area contributed by atoms with Gasteiger partial charge >= 0.3 is 10.6 Å². The van der Waals surface area contributed by atoms with Crippen LogP contribution in [0.3, 0.4) is 0 Å². The number of carbonyl (C=O) groups is 2. The first-order valence-electron chi connectivity index (χ1n) is 26.0. The number of aryl methyl sites for hydroxylation is 1. The smallest absolute Gasteiger partial charge is 0.425 e. The summed E-state index contributed by atoms with van der Waals surface area (Å²) in [6.07, 6.45) is 0.471. The molecular formula is C54H50ClN13O19S6. The molecule has 8 rings (SSSR count). The third kappa shape index (κ3) is 22.2. The van der Waals surface area contributed by atoms with Crippen molar-refractivity contribution >= 4 is 160 Å². The highest BCUT2D eigenvalue weighted by atomic mass is 35.5. The summed E-state index contributed by atoms with van der Waals surface area (Å²) in [4.78, 5) is 30.2. The van der Waals surface area contributed by atoms with E-state index in [1.165, 1.54) is 72.0 Å². The number of carbonyl (C=O) groups excluding carboxylic acids is 2. The van der Waals surface area contributed by atoms with Crippen LogP contribution in [0.25, 0.3) is 16.7 Å². The quantitative estimate of drug-likeness (QED) is 0.0143. The number of ether oxygens (including phenoxy) is 1. The number of aromatic nitrogens is 2. The predicted molar refractivity (Wildman–Crippen MR) is 340 cm³/mol. The molecule has 39 heteroatoms. The summed E-state index contributed by atoms with van der Waals surface area (Å²) in [6.45, 7) is 4.09. The molecule has 2 amide bonds. The second kappa shape index (κ2) is 31.8. The Morgan fingerprint density at radius 2 is 1.24 bits per heavy atom. The summed E-state index contributed by atoms with van der Waals surface area (Å²) < 4.78 is 161. The van der Waals surface area contributed by atoms with Gasteiger partial charge in [-0.15, -0.1) is 55.1 Å². The fraction of sp³-hybridized carbons (Fsp3) is 0.185. The Bertz CT molecular complexity index is 4950. The Morgan fingerprint density at radius 1 is 0.688 bits per heavy atom. The predicted octanol–water partition coefficient (Wildman–Crippen LogP) is 12.0. The number of rotatable bonds is 22. The number of aromatic hydroxyl groups is 1. The van der Waals surface area contributed by atoms with Gasteiger partial charge in [0.1, 0.15) is 50.7 Å². The van der Waals surface area contributed by atoms with Gasteiger partial charge in [-0.2, -0.15) is 49.2 Å².